The second-order valence-electron chi connectivity index (χ2n) is 7.40. The highest BCUT2D eigenvalue weighted by Crippen LogP contribution is 2.47. The Morgan fingerprint density at radius 2 is 1.85 bits per heavy atom. The quantitative estimate of drug-likeness (QED) is 0.449. The molecular formula is C22H22BrNO2S. The van der Waals surface area contributed by atoms with Crippen LogP contribution in [-0.2, 0) is 13.0 Å². The summed E-state index contributed by atoms with van der Waals surface area (Å²) in [5, 5.41) is 23.6. The lowest BCUT2D eigenvalue weighted by Gasteiger charge is -2.38. The minimum absolute atomic E-state index is 0. The molecule has 2 atom stereocenters. The topological polar surface area (TPSA) is 52.5 Å². The Morgan fingerprint density at radius 3 is 2.67 bits per heavy atom. The zero-order valence-corrected chi connectivity index (χ0v) is 17.6. The fourth-order valence-corrected chi connectivity index (χ4v) is 5.60. The largest absolute Gasteiger partial charge is 0.504 e. The lowest BCUT2D eigenvalue weighted by Crippen LogP contribution is -2.41. The Balaban J connectivity index is 0.00000180. The number of phenols is 2. The third-order valence-electron chi connectivity index (χ3n) is 5.70. The third kappa shape index (κ3) is 3.08. The minimum Gasteiger partial charge on any atom is -0.504 e. The number of phenolic OH excluding ortho intramolecular Hbond substituents is 2. The van der Waals surface area contributed by atoms with Crippen molar-refractivity contribution in [1.29, 1.82) is 0 Å². The number of benzene rings is 2. The van der Waals surface area contributed by atoms with E-state index in [1.807, 2.05) is 11.3 Å². The number of fused-ring (bicyclic) bond motifs is 5. The van der Waals surface area contributed by atoms with Gasteiger partial charge in [0.2, 0.25) is 0 Å². The molecule has 0 saturated carbocycles. The summed E-state index contributed by atoms with van der Waals surface area (Å²) in [7, 11) is 0. The first-order valence-electron chi connectivity index (χ1n) is 9.08. The molecule has 3 aromatic rings. The van der Waals surface area contributed by atoms with E-state index in [9.17, 15) is 10.2 Å². The summed E-state index contributed by atoms with van der Waals surface area (Å²) < 4.78 is 0. The smallest absolute Gasteiger partial charge is 0.157 e. The van der Waals surface area contributed by atoms with E-state index >= 15 is 0 Å². The standard InChI is InChI=1S/C22H21NO2S.BrH/c1-12-3-2-4-14(7-12)20-10-16-21(26-20)11-23-17-6-5-13-8-18(24)19(25)9-15(13)22(16)17;/h2-4,7-10,17,22-25H,5-6,11H2,1H3;1H. The van der Waals surface area contributed by atoms with Crippen molar-refractivity contribution < 1.29 is 10.2 Å². The molecular weight excluding hydrogens is 422 g/mol. The van der Waals surface area contributed by atoms with Crippen LogP contribution in [0.1, 0.15) is 39.5 Å². The fourth-order valence-electron chi connectivity index (χ4n) is 4.45. The van der Waals surface area contributed by atoms with Crippen LogP contribution in [0.5, 0.6) is 11.5 Å². The molecule has 2 aromatic carbocycles. The van der Waals surface area contributed by atoms with Crippen LogP contribution in [0.2, 0.25) is 0 Å². The maximum Gasteiger partial charge on any atom is 0.157 e. The van der Waals surface area contributed by atoms with Gasteiger partial charge < -0.3 is 15.5 Å². The zero-order valence-electron chi connectivity index (χ0n) is 15.0. The van der Waals surface area contributed by atoms with Gasteiger partial charge in [0.25, 0.3) is 0 Å². The van der Waals surface area contributed by atoms with E-state index in [2.05, 4.69) is 42.6 Å². The predicted molar refractivity (Wildman–Crippen MR) is 115 cm³/mol. The second kappa shape index (κ2) is 6.97. The molecule has 2 heterocycles. The van der Waals surface area contributed by atoms with Crippen LogP contribution in [-0.4, -0.2) is 16.3 Å². The van der Waals surface area contributed by atoms with Crippen LogP contribution in [0.3, 0.4) is 0 Å². The fraction of sp³-hybridized carbons (Fsp3) is 0.273. The van der Waals surface area contributed by atoms with Crippen molar-refractivity contribution in [2.45, 2.75) is 38.3 Å². The van der Waals surface area contributed by atoms with Crippen LogP contribution < -0.4 is 5.32 Å². The summed E-state index contributed by atoms with van der Waals surface area (Å²) in [6.45, 7) is 3.04. The van der Waals surface area contributed by atoms with Crippen LogP contribution in [0.4, 0.5) is 0 Å². The maximum atomic E-state index is 10.1. The van der Waals surface area contributed by atoms with Gasteiger partial charge >= 0.3 is 0 Å². The molecule has 1 aliphatic carbocycles. The number of rotatable bonds is 1. The van der Waals surface area contributed by atoms with Crippen molar-refractivity contribution in [1.82, 2.24) is 5.32 Å². The Labute approximate surface area is 173 Å². The van der Waals surface area contributed by atoms with Gasteiger partial charge in [-0.25, -0.2) is 0 Å². The minimum atomic E-state index is -0.0225. The molecule has 0 saturated heterocycles. The van der Waals surface area contributed by atoms with Crippen molar-refractivity contribution >= 4 is 28.3 Å². The van der Waals surface area contributed by atoms with Gasteiger partial charge in [-0.15, -0.1) is 28.3 Å². The number of thiophene rings is 1. The van der Waals surface area contributed by atoms with Crippen molar-refractivity contribution in [3.05, 3.63) is 69.6 Å². The molecule has 1 aliphatic heterocycles. The summed E-state index contributed by atoms with van der Waals surface area (Å²) in [4.78, 5) is 2.68. The lowest BCUT2D eigenvalue weighted by atomic mass is 9.74. The maximum absolute atomic E-state index is 10.1. The Kier molecular flexibility index (Phi) is 4.78. The number of hydrogen-bond acceptors (Lipinski definition) is 4. The molecule has 0 fully saturated rings. The molecule has 3 N–H and O–H groups in total. The first-order valence-corrected chi connectivity index (χ1v) is 9.89. The summed E-state index contributed by atoms with van der Waals surface area (Å²) >= 11 is 1.86. The van der Waals surface area contributed by atoms with Gasteiger partial charge in [-0.3, -0.25) is 0 Å². The Morgan fingerprint density at radius 1 is 1.04 bits per heavy atom. The first kappa shape index (κ1) is 18.5. The lowest BCUT2D eigenvalue weighted by molar-refractivity contribution is 0.382. The van der Waals surface area contributed by atoms with E-state index in [-0.39, 0.29) is 34.4 Å². The summed E-state index contributed by atoms with van der Waals surface area (Å²) in [5.74, 6) is 0.200. The highest BCUT2D eigenvalue weighted by molar-refractivity contribution is 8.93. The molecule has 0 bridgehead atoms. The number of nitrogens with one attached hydrogen (secondary N) is 1. The number of halogens is 1. The van der Waals surface area contributed by atoms with Crippen molar-refractivity contribution in [2.24, 2.45) is 0 Å². The Hall–Kier alpha value is -1.82. The van der Waals surface area contributed by atoms with E-state index in [0.29, 0.717) is 6.04 Å². The molecule has 5 rings (SSSR count). The first-order chi connectivity index (χ1) is 12.6. The molecule has 0 amide bonds. The highest BCUT2D eigenvalue weighted by atomic mass is 79.9. The van der Waals surface area contributed by atoms with E-state index in [0.717, 1.165) is 30.5 Å². The molecule has 5 heteroatoms. The normalized spacial score (nSPS) is 20.2. The third-order valence-corrected chi connectivity index (χ3v) is 6.90. The monoisotopic (exact) mass is 443 g/mol. The van der Waals surface area contributed by atoms with Crippen LogP contribution in [0.15, 0.2) is 42.5 Å². The SMILES string of the molecule is Br.Cc1cccc(-c2cc3c(s2)CNC2CCc4cc(O)c(O)cc4C32)c1. The highest BCUT2D eigenvalue weighted by Gasteiger charge is 2.36. The molecule has 2 aliphatic rings. The average Bonchev–Trinajstić information content (AvgIpc) is 3.07. The summed E-state index contributed by atoms with van der Waals surface area (Å²) in [6, 6.07) is 14.9. The molecule has 2 unspecified atom stereocenters. The average molecular weight is 444 g/mol. The van der Waals surface area contributed by atoms with Gasteiger partial charge in [-0.05, 0) is 60.2 Å². The van der Waals surface area contributed by atoms with Crippen LogP contribution in [0, 0.1) is 6.92 Å². The van der Waals surface area contributed by atoms with E-state index in [4.69, 9.17) is 0 Å². The predicted octanol–water partition coefficient (Wildman–Crippen LogP) is 5.26. The number of aryl methyl sites for hydroxylation is 2. The summed E-state index contributed by atoms with van der Waals surface area (Å²) in [5.41, 5.74) is 6.22. The van der Waals surface area contributed by atoms with Crippen LogP contribution in [0.25, 0.3) is 10.4 Å². The molecule has 1 aromatic heterocycles. The molecule has 0 radical (unpaired) electrons. The van der Waals surface area contributed by atoms with Gasteiger partial charge in [-0.1, -0.05) is 29.8 Å². The number of hydrogen-bond donors (Lipinski definition) is 3. The summed E-state index contributed by atoms with van der Waals surface area (Å²) in [6.07, 6.45) is 1.98. The molecule has 0 spiro atoms. The van der Waals surface area contributed by atoms with Crippen molar-refractivity contribution in [3.8, 4) is 21.9 Å². The van der Waals surface area contributed by atoms with Gasteiger partial charge in [-0.2, -0.15) is 0 Å². The molecule has 27 heavy (non-hydrogen) atoms. The van der Waals surface area contributed by atoms with E-state index < -0.39 is 0 Å². The number of aromatic hydroxyl groups is 2. The second-order valence-corrected chi connectivity index (χ2v) is 8.54. The zero-order chi connectivity index (χ0) is 17.8. The van der Waals surface area contributed by atoms with Crippen molar-refractivity contribution in [2.75, 3.05) is 0 Å². The van der Waals surface area contributed by atoms with Gasteiger partial charge in [0, 0.05) is 28.3 Å². The molecule has 3 nitrogen and oxygen atoms in total. The van der Waals surface area contributed by atoms with Gasteiger partial charge in [0.15, 0.2) is 11.5 Å². The van der Waals surface area contributed by atoms with Crippen molar-refractivity contribution in [3.63, 3.8) is 0 Å². The van der Waals surface area contributed by atoms with E-state index in [1.54, 1.807) is 12.1 Å². The van der Waals surface area contributed by atoms with E-state index in [1.165, 1.54) is 26.4 Å². The van der Waals surface area contributed by atoms with Gasteiger partial charge in [0.1, 0.15) is 0 Å². The molecule has 140 valence electrons. The van der Waals surface area contributed by atoms with Gasteiger partial charge in [0.05, 0.1) is 0 Å². The van der Waals surface area contributed by atoms with Crippen LogP contribution >= 0.6 is 28.3 Å². The Bertz CT molecular complexity index is 1010.